The fraction of sp³-hybridized carbons (Fsp3) is 0.562. The van der Waals surface area contributed by atoms with Crippen molar-refractivity contribution in [1.82, 2.24) is 4.90 Å². The molecule has 1 amide bonds. The minimum absolute atomic E-state index is 0.283. The van der Waals surface area contributed by atoms with Gasteiger partial charge in [-0.05, 0) is 74.9 Å². The summed E-state index contributed by atoms with van der Waals surface area (Å²) in [6.07, 6.45) is -0.283. The number of hydrogen-bond donors (Lipinski definition) is 0. The van der Waals surface area contributed by atoms with Crippen LogP contribution < -0.4 is 4.74 Å². The highest BCUT2D eigenvalue weighted by Gasteiger charge is 2.21. The second-order valence-corrected chi connectivity index (χ2v) is 6.85. The van der Waals surface area contributed by atoms with Gasteiger partial charge >= 0.3 is 6.09 Å². The van der Waals surface area contributed by atoms with Crippen molar-refractivity contribution in [1.29, 1.82) is 0 Å². The number of carbonyl (C=O) groups excluding carboxylic acids is 1. The van der Waals surface area contributed by atoms with Crippen molar-refractivity contribution < 1.29 is 14.3 Å². The Kier molecular flexibility index (Phi) is 6.77. The van der Waals surface area contributed by atoms with Gasteiger partial charge in [0.15, 0.2) is 0 Å². The lowest BCUT2D eigenvalue weighted by atomic mass is 10.2. The van der Waals surface area contributed by atoms with Gasteiger partial charge in [0.1, 0.15) is 11.4 Å². The number of nitrogens with zero attached hydrogens (tertiary/aromatic N) is 1. The third-order valence-electron chi connectivity index (χ3n) is 2.70. The number of rotatable bonds is 5. The maximum absolute atomic E-state index is 12.1. The first kappa shape index (κ1) is 18.1. The summed E-state index contributed by atoms with van der Waals surface area (Å²) in [5.74, 6) is 0.877. The van der Waals surface area contributed by atoms with Crippen LogP contribution in [0, 0.1) is 3.57 Å². The van der Waals surface area contributed by atoms with Gasteiger partial charge in [-0.3, -0.25) is 0 Å². The molecule has 0 N–H and O–H groups in total. The standard InChI is InChI=1S/C16H24INO3/c1-6-18(15(19)21-16(3,4)5)11-12-8-9-14(20-7-2)13(17)10-12/h8-10H,6-7,11H2,1-5H3. The number of carbonyl (C=O) groups is 1. The molecule has 0 atom stereocenters. The topological polar surface area (TPSA) is 38.8 Å². The molecule has 0 aliphatic rings. The molecule has 0 unspecified atom stereocenters. The van der Waals surface area contributed by atoms with Crippen LogP contribution in [0.15, 0.2) is 18.2 Å². The van der Waals surface area contributed by atoms with Crippen molar-refractivity contribution in [2.75, 3.05) is 13.2 Å². The molecular weight excluding hydrogens is 381 g/mol. The average Bonchev–Trinajstić information content (AvgIpc) is 2.37. The van der Waals surface area contributed by atoms with E-state index in [0.717, 1.165) is 14.9 Å². The van der Waals surface area contributed by atoms with Crippen LogP contribution in [0.25, 0.3) is 0 Å². The Labute approximate surface area is 140 Å². The minimum atomic E-state index is -0.474. The van der Waals surface area contributed by atoms with E-state index in [1.165, 1.54) is 0 Å². The number of ether oxygens (including phenoxy) is 2. The zero-order valence-electron chi connectivity index (χ0n) is 13.4. The molecule has 0 saturated carbocycles. The SMILES string of the molecule is CCOc1ccc(CN(CC)C(=O)OC(C)(C)C)cc1I. The summed E-state index contributed by atoms with van der Waals surface area (Å²) in [6.45, 7) is 11.3. The number of hydrogen-bond acceptors (Lipinski definition) is 3. The average molecular weight is 405 g/mol. The van der Waals surface area contributed by atoms with Crippen molar-refractivity contribution in [3.8, 4) is 5.75 Å². The summed E-state index contributed by atoms with van der Waals surface area (Å²) in [5.41, 5.74) is 0.591. The molecule has 0 spiro atoms. The monoisotopic (exact) mass is 405 g/mol. The summed E-state index contributed by atoms with van der Waals surface area (Å²) in [6, 6.07) is 5.97. The van der Waals surface area contributed by atoms with Gasteiger partial charge in [-0.15, -0.1) is 0 Å². The van der Waals surface area contributed by atoms with Crippen LogP contribution in [-0.4, -0.2) is 29.7 Å². The van der Waals surface area contributed by atoms with Gasteiger partial charge in [0, 0.05) is 13.1 Å². The molecule has 0 fully saturated rings. The third kappa shape index (κ3) is 6.11. The Bertz CT molecular complexity index is 483. The predicted molar refractivity (Wildman–Crippen MR) is 92.6 cm³/mol. The molecule has 4 nitrogen and oxygen atoms in total. The van der Waals surface area contributed by atoms with Crippen molar-refractivity contribution in [2.24, 2.45) is 0 Å². The normalized spacial score (nSPS) is 11.1. The summed E-state index contributed by atoms with van der Waals surface area (Å²) in [5, 5.41) is 0. The highest BCUT2D eigenvalue weighted by Crippen LogP contribution is 2.23. The zero-order chi connectivity index (χ0) is 16.0. The molecule has 1 rings (SSSR count). The predicted octanol–water partition coefficient (Wildman–Crippen LogP) is 4.45. The van der Waals surface area contributed by atoms with E-state index in [0.29, 0.717) is 19.7 Å². The van der Waals surface area contributed by atoms with Gasteiger partial charge in [0.2, 0.25) is 0 Å². The van der Waals surface area contributed by atoms with Gasteiger partial charge in [-0.25, -0.2) is 4.79 Å². The Balaban J connectivity index is 2.77. The highest BCUT2D eigenvalue weighted by molar-refractivity contribution is 14.1. The van der Waals surface area contributed by atoms with Crippen molar-refractivity contribution >= 4 is 28.7 Å². The van der Waals surface area contributed by atoms with Crippen molar-refractivity contribution in [2.45, 2.75) is 46.8 Å². The van der Waals surface area contributed by atoms with Crippen LogP contribution in [-0.2, 0) is 11.3 Å². The smallest absolute Gasteiger partial charge is 0.410 e. The van der Waals surface area contributed by atoms with E-state index in [2.05, 4.69) is 22.6 Å². The van der Waals surface area contributed by atoms with E-state index in [4.69, 9.17) is 9.47 Å². The maximum Gasteiger partial charge on any atom is 0.410 e. The van der Waals surface area contributed by atoms with Crippen LogP contribution in [0.2, 0.25) is 0 Å². The Morgan fingerprint density at radius 2 is 1.95 bits per heavy atom. The van der Waals surface area contributed by atoms with Crippen LogP contribution in [0.3, 0.4) is 0 Å². The number of halogens is 1. The van der Waals surface area contributed by atoms with E-state index in [9.17, 15) is 4.79 Å². The van der Waals surface area contributed by atoms with E-state index >= 15 is 0 Å². The minimum Gasteiger partial charge on any atom is -0.493 e. The summed E-state index contributed by atoms with van der Waals surface area (Å²) < 4.78 is 12.0. The molecule has 0 aliphatic carbocycles. The van der Waals surface area contributed by atoms with Crippen LogP contribution in [0.1, 0.15) is 40.2 Å². The molecule has 0 radical (unpaired) electrons. The van der Waals surface area contributed by atoms with Gasteiger partial charge < -0.3 is 14.4 Å². The second kappa shape index (κ2) is 7.87. The third-order valence-corrected chi connectivity index (χ3v) is 3.55. The summed E-state index contributed by atoms with van der Waals surface area (Å²) in [4.78, 5) is 13.8. The first-order valence-corrected chi connectivity index (χ1v) is 8.23. The summed E-state index contributed by atoms with van der Waals surface area (Å²) in [7, 11) is 0. The fourth-order valence-electron chi connectivity index (χ4n) is 1.77. The zero-order valence-corrected chi connectivity index (χ0v) is 15.6. The van der Waals surface area contributed by atoms with E-state index in [1.807, 2.05) is 52.8 Å². The van der Waals surface area contributed by atoms with Gasteiger partial charge in [-0.1, -0.05) is 6.07 Å². The molecule has 5 heteroatoms. The second-order valence-electron chi connectivity index (χ2n) is 5.69. The molecular formula is C16H24INO3. The molecule has 0 aromatic heterocycles. The number of benzene rings is 1. The summed E-state index contributed by atoms with van der Waals surface area (Å²) >= 11 is 2.25. The molecule has 0 heterocycles. The van der Waals surface area contributed by atoms with Crippen LogP contribution >= 0.6 is 22.6 Å². The van der Waals surface area contributed by atoms with Gasteiger partial charge in [-0.2, -0.15) is 0 Å². The quantitative estimate of drug-likeness (QED) is 0.680. The lowest BCUT2D eigenvalue weighted by Gasteiger charge is -2.26. The van der Waals surface area contributed by atoms with Crippen molar-refractivity contribution in [3.63, 3.8) is 0 Å². The molecule has 0 aliphatic heterocycles. The molecule has 21 heavy (non-hydrogen) atoms. The van der Waals surface area contributed by atoms with Crippen LogP contribution in [0.4, 0.5) is 4.79 Å². The van der Waals surface area contributed by atoms with Crippen LogP contribution in [0.5, 0.6) is 5.75 Å². The largest absolute Gasteiger partial charge is 0.493 e. The Morgan fingerprint density at radius 3 is 2.43 bits per heavy atom. The maximum atomic E-state index is 12.1. The van der Waals surface area contributed by atoms with Crippen molar-refractivity contribution in [3.05, 3.63) is 27.3 Å². The Morgan fingerprint density at radius 1 is 1.29 bits per heavy atom. The van der Waals surface area contributed by atoms with E-state index in [-0.39, 0.29) is 6.09 Å². The van der Waals surface area contributed by atoms with Gasteiger partial charge in [0.25, 0.3) is 0 Å². The Hall–Kier alpha value is -0.980. The molecule has 1 aromatic rings. The molecule has 0 bridgehead atoms. The van der Waals surface area contributed by atoms with E-state index in [1.54, 1.807) is 4.90 Å². The van der Waals surface area contributed by atoms with E-state index < -0.39 is 5.60 Å². The first-order chi connectivity index (χ1) is 9.76. The number of amides is 1. The highest BCUT2D eigenvalue weighted by atomic mass is 127. The first-order valence-electron chi connectivity index (χ1n) is 7.16. The molecule has 0 saturated heterocycles. The molecule has 1 aromatic carbocycles. The fourth-order valence-corrected chi connectivity index (χ4v) is 2.50. The lowest BCUT2D eigenvalue weighted by Crippen LogP contribution is -2.36. The van der Waals surface area contributed by atoms with Gasteiger partial charge in [0.05, 0.1) is 10.2 Å². The molecule has 118 valence electrons. The lowest BCUT2D eigenvalue weighted by molar-refractivity contribution is 0.0244.